The van der Waals surface area contributed by atoms with E-state index in [-0.39, 0.29) is 11.8 Å². The molecule has 18 heavy (non-hydrogen) atoms. The number of hydrogen-bond donors (Lipinski definition) is 1. The Morgan fingerprint density at radius 2 is 2.11 bits per heavy atom. The molecule has 1 heterocycles. The lowest BCUT2D eigenvalue weighted by Gasteiger charge is -2.11. The minimum atomic E-state index is -3.05. The standard InChI is InChI=1S/C13H17NO3S/c1-9-5-4-6-10-7-12(17-13(9)10)11(14-2)8-18(3,15)16/h4-7,11,14H,8H2,1-3H3. The Morgan fingerprint density at radius 3 is 2.67 bits per heavy atom. The molecule has 0 aliphatic heterocycles. The number of fused-ring (bicyclic) bond motifs is 1. The summed E-state index contributed by atoms with van der Waals surface area (Å²) in [7, 11) is -1.32. The Labute approximate surface area is 107 Å². The van der Waals surface area contributed by atoms with Gasteiger partial charge in [-0.15, -0.1) is 0 Å². The lowest BCUT2D eigenvalue weighted by atomic mass is 10.1. The second-order valence-corrected chi connectivity index (χ2v) is 6.76. The molecule has 1 unspecified atom stereocenters. The zero-order valence-electron chi connectivity index (χ0n) is 10.7. The van der Waals surface area contributed by atoms with Crippen LogP contribution in [0.5, 0.6) is 0 Å². The molecule has 0 aliphatic carbocycles. The predicted octanol–water partition coefficient (Wildman–Crippen LogP) is 2.05. The van der Waals surface area contributed by atoms with Crippen molar-refractivity contribution in [3.63, 3.8) is 0 Å². The van der Waals surface area contributed by atoms with Gasteiger partial charge in [0.25, 0.3) is 0 Å². The molecule has 2 rings (SSSR count). The minimum absolute atomic E-state index is 0.0301. The van der Waals surface area contributed by atoms with Gasteiger partial charge in [0, 0.05) is 11.6 Å². The first-order valence-electron chi connectivity index (χ1n) is 5.75. The third kappa shape index (κ3) is 2.73. The summed E-state index contributed by atoms with van der Waals surface area (Å²) in [6, 6.07) is 7.48. The van der Waals surface area contributed by atoms with Crippen molar-refractivity contribution in [2.45, 2.75) is 13.0 Å². The van der Waals surface area contributed by atoms with Gasteiger partial charge in [0.1, 0.15) is 21.2 Å². The highest BCUT2D eigenvalue weighted by Gasteiger charge is 2.19. The van der Waals surface area contributed by atoms with Gasteiger partial charge in [-0.25, -0.2) is 8.42 Å². The van der Waals surface area contributed by atoms with Crippen LogP contribution in [0, 0.1) is 6.92 Å². The Balaban J connectivity index is 2.43. The summed E-state index contributed by atoms with van der Waals surface area (Å²) in [5.41, 5.74) is 1.87. The first-order chi connectivity index (χ1) is 8.40. The number of aryl methyl sites for hydroxylation is 1. The Kier molecular flexibility index (Phi) is 3.45. The van der Waals surface area contributed by atoms with Crippen LogP contribution in [0.3, 0.4) is 0 Å². The van der Waals surface area contributed by atoms with Crippen LogP contribution in [0.4, 0.5) is 0 Å². The first kappa shape index (κ1) is 13.1. The molecular formula is C13H17NO3S. The summed E-state index contributed by atoms with van der Waals surface area (Å²) in [6.07, 6.45) is 1.23. The third-order valence-electron chi connectivity index (χ3n) is 2.92. The van der Waals surface area contributed by atoms with Crippen molar-refractivity contribution in [3.05, 3.63) is 35.6 Å². The Morgan fingerprint density at radius 1 is 1.39 bits per heavy atom. The molecular weight excluding hydrogens is 250 g/mol. The van der Waals surface area contributed by atoms with E-state index >= 15 is 0 Å². The Bertz CT molecular complexity index is 658. The van der Waals surface area contributed by atoms with Crippen molar-refractivity contribution in [1.82, 2.24) is 5.32 Å². The highest BCUT2D eigenvalue weighted by molar-refractivity contribution is 7.90. The van der Waals surface area contributed by atoms with Crippen LogP contribution in [-0.2, 0) is 9.84 Å². The molecule has 0 amide bonds. The third-order valence-corrected chi connectivity index (χ3v) is 3.86. The second kappa shape index (κ2) is 4.74. The lowest BCUT2D eigenvalue weighted by Crippen LogP contribution is -2.24. The number of benzene rings is 1. The molecule has 1 N–H and O–H groups in total. The number of furan rings is 1. The minimum Gasteiger partial charge on any atom is -0.459 e. The van der Waals surface area contributed by atoms with Gasteiger partial charge < -0.3 is 9.73 Å². The molecule has 2 aromatic rings. The maximum atomic E-state index is 11.4. The molecule has 0 fully saturated rings. The fraction of sp³-hybridized carbons (Fsp3) is 0.385. The first-order valence-corrected chi connectivity index (χ1v) is 7.81. The molecule has 0 radical (unpaired) electrons. The highest BCUT2D eigenvalue weighted by Crippen LogP contribution is 2.26. The van der Waals surface area contributed by atoms with Crippen LogP contribution in [0.1, 0.15) is 17.4 Å². The molecule has 98 valence electrons. The Hall–Kier alpha value is -1.33. The maximum absolute atomic E-state index is 11.4. The summed E-state index contributed by atoms with van der Waals surface area (Å²) < 4.78 is 28.5. The van der Waals surface area contributed by atoms with Crippen LogP contribution < -0.4 is 5.32 Å². The smallest absolute Gasteiger partial charge is 0.149 e. The fourth-order valence-electron chi connectivity index (χ4n) is 2.01. The maximum Gasteiger partial charge on any atom is 0.149 e. The molecule has 0 bridgehead atoms. The van der Waals surface area contributed by atoms with Crippen LogP contribution >= 0.6 is 0 Å². The van der Waals surface area contributed by atoms with Crippen LogP contribution in [0.25, 0.3) is 11.0 Å². The molecule has 0 saturated carbocycles. The summed E-state index contributed by atoms with van der Waals surface area (Å²) in [6.45, 7) is 1.97. The highest BCUT2D eigenvalue weighted by atomic mass is 32.2. The van der Waals surface area contributed by atoms with Gasteiger partial charge in [-0.3, -0.25) is 0 Å². The van der Waals surface area contributed by atoms with Gasteiger partial charge in [0.2, 0.25) is 0 Å². The van der Waals surface area contributed by atoms with Crippen molar-refractivity contribution in [2.24, 2.45) is 0 Å². The van der Waals surface area contributed by atoms with E-state index < -0.39 is 9.84 Å². The molecule has 4 nitrogen and oxygen atoms in total. The number of para-hydroxylation sites is 1. The van der Waals surface area contributed by atoms with Crippen LogP contribution in [0.2, 0.25) is 0 Å². The average molecular weight is 267 g/mol. The fourth-order valence-corrected chi connectivity index (χ4v) is 2.95. The predicted molar refractivity (Wildman–Crippen MR) is 72.5 cm³/mol. The van der Waals surface area contributed by atoms with E-state index in [1.807, 2.05) is 31.2 Å². The summed E-state index contributed by atoms with van der Waals surface area (Å²) >= 11 is 0. The van der Waals surface area contributed by atoms with E-state index in [1.54, 1.807) is 7.05 Å². The summed E-state index contributed by atoms with van der Waals surface area (Å²) in [5, 5.41) is 3.98. The summed E-state index contributed by atoms with van der Waals surface area (Å²) in [5.74, 6) is 0.690. The molecule has 1 atom stereocenters. The molecule has 5 heteroatoms. The zero-order chi connectivity index (χ0) is 13.3. The number of nitrogens with one attached hydrogen (secondary N) is 1. The van der Waals surface area contributed by atoms with Gasteiger partial charge >= 0.3 is 0 Å². The van der Waals surface area contributed by atoms with Crippen LogP contribution in [0.15, 0.2) is 28.7 Å². The van der Waals surface area contributed by atoms with E-state index in [1.165, 1.54) is 6.26 Å². The molecule has 0 saturated heterocycles. The van der Waals surface area contributed by atoms with E-state index in [0.29, 0.717) is 5.76 Å². The average Bonchev–Trinajstić information content (AvgIpc) is 2.70. The van der Waals surface area contributed by atoms with Gasteiger partial charge in [-0.1, -0.05) is 18.2 Å². The van der Waals surface area contributed by atoms with Gasteiger partial charge in [-0.2, -0.15) is 0 Å². The molecule has 0 aliphatic rings. The number of sulfone groups is 1. The normalized spacial score (nSPS) is 13.9. The number of hydrogen-bond acceptors (Lipinski definition) is 4. The SMILES string of the molecule is CNC(CS(C)(=O)=O)c1cc2cccc(C)c2o1. The summed E-state index contributed by atoms with van der Waals surface area (Å²) in [4.78, 5) is 0. The van der Waals surface area contributed by atoms with E-state index in [2.05, 4.69) is 5.32 Å². The van der Waals surface area contributed by atoms with Crippen molar-refractivity contribution in [3.8, 4) is 0 Å². The van der Waals surface area contributed by atoms with Crippen molar-refractivity contribution < 1.29 is 12.8 Å². The lowest BCUT2D eigenvalue weighted by molar-refractivity contribution is 0.471. The second-order valence-electron chi connectivity index (χ2n) is 4.58. The molecule has 1 aromatic heterocycles. The van der Waals surface area contributed by atoms with E-state index in [9.17, 15) is 8.42 Å². The van der Waals surface area contributed by atoms with Crippen molar-refractivity contribution in [2.75, 3.05) is 19.1 Å². The van der Waals surface area contributed by atoms with Crippen molar-refractivity contribution in [1.29, 1.82) is 0 Å². The largest absolute Gasteiger partial charge is 0.459 e. The van der Waals surface area contributed by atoms with E-state index in [4.69, 9.17) is 4.42 Å². The quantitative estimate of drug-likeness (QED) is 0.921. The molecule has 0 spiro atoms. The number of rotatable bonds is 4. The van der Waals surface area contributed by atoms with Gasteiger partial charge in [0.15, 0.2) is 0 Å². The monoisotopic (exact) mass is 267 g/mol. The topological polar surface area (TPSA) is 59.3 Å². The van der Waals surface area contributed by atoms with Gasteiger partial charge in [-0.05, 0) is 25.6 Å². The van der Waals surface area contributed by atoms with E-state index in [0.717, 1.165) is 16.5 Å². The molecule has 1 aromatic carbocycles. The van der Waals surface area contributed by atoms with Gasteiger partial charge in [0.05, 0.1) is 11.8 Å². The van der Waals surface area contributed by atoms with Crippen LogP contribution in [-0.4, -0.2) is 27.5 Å². The zero-order valence-corrected chi connectivity index (χ0v) is 11.5. The van der Waals surface area contributed by atoms with Crippen molar-refractivity contribution >= 4 is 20.8 Å².